The molecule has 0 spiro atoms. The molecule has 23 heavy (non-hydrogen) atoms. The summed E-state index contributed by atoms with van der Waals surface area (Å²) in [6.07, 6.45) is 3.80. The maximum Gasteiger partial charge on any atom is 0.0456 e. The first-order chi connectivity index (χ1) is 11.4. The van der Waals surface area contributed by atoms with Crippen molar-refractivity contribution in [2.24, 2.45) is 0 Å². The lowest BCUT2D eigenvalue weighted by Crippen LogP contribution is -2.45. The number of H-pyrrole nitrogens is 1. The van der Waals surface area contributed by atoms with Crippen LogP contribution in [-0.2, 0) is 13.1 Å². The fourth-order valence-corrected chi connectivity index (χ4v) is 3.31. The maximum absolute atomic E-state index is 4.20. The van der Waals surface area contributed by atoms with Gasteiger partial charge in [-0.2, -0.15) is 0 Å². The van der Waals surface area contributed by atoms with E-state index in [1.165, 1.54) is 22.2 Å². The van der Waals surface area contributed by atoms with Gasteiger partial charge in [0.2, 0.25) is 0 Å². The largest absolute Gasteiger partial charge is 0.357 e. The summed E-state index contributed by atoms with van der Waals surface area (Å²) in [5.74, 6) is 0. The molecule has 1 aromatic carbocycles. The lowest BCUT2D eigenvalue weighted by Gasteiger charge is -2.34. The molecule has 1 saturated heterocycles. The highest BCUT2D eigenvalue weighted by Gasteiger charge is 2.17. The summed E-state index contributed by atoms with van der Waals surface area (Å²) in [5.41, 5.74) is 3.85. The average Bonchev–Trinajstić information content (AvgIpc) is 3.00. The van der Waals surface area contributed by atoms with Crippen molar-refractivity contribution in [1.29, 1.82) is 0 Å². The van der Waals surface area contributed by atoms with Crippen LogP contribution in [0.2, 0.25) is 0 Å². The molecule has 0 radical (unpaired) electrons. The van der Waals surface area contributed by atoms with E-state index in [9.17, 15) is 0 Å². The van der Waals surface area contributed by atoms with Crippen LogP contribution in [0.15, 0.2) is 54.9 Å². The number of aromatic nitrogens is 2. The summed E-state index contributed by atoms with van der Waals surface area (Å²) >= 11 is 0. The summed E-state index contributed by atoms with van der Waals surface area (Å²) in [6.45, 7) is 6.50. The van der Waals surface area contributed by atoms with Gasteiger partial charge in [0.25, 0.3) is 0 Å². The van der Waals surface area contributed by atoms with Gasteiger partial charge in [-0.25, -0.2) is 0 Å². The number of nitrogens with zero attached hydrogens (tertiary/aromatic N) is 3. The number of benzene rings is 1. The van der Waals surface area contributed by atoms with Gasteiger partial charge in [-0.3, -0.25) is 14.8 Å². The fraction of sp³-hybridized carbons (Fsp3) is 0.316. The van der Waals surface area contributed by atoms with Gasteiger partial charge >= 0.3 is 0 Å². The summed E-state index contributed by atoms with van der Waals surface area (Å²) in [6, 6.07) is 14.9. The van der Waals surface area contributed by atoms with Crippen molar-refractivity contribution in [2.45, 2.75) is 13.1 Å². The van der Waals surface area contributed by atoms with Gasteiger partial charge in [0.05, 0.1) is 0 Å². The van der Waals surface area contributed by atoms with Crippen molar-refractivity contribution in [1.82, 2.24) is 19.8 Å². The van der Waals surface area contributed by atoms with Crippen LogP contribution in [0.25, 0.3) is 10.9 Å². The molecule has 2 aromatic heterocycles. The molecule has 1 aliphatic rings. The number of fused-ring (bicyclic) bond motifs is 1. The standard InChI is InChI=1S/C19H22N4.H2/c1-2-6-19-17(5-1)12-18(21-19)15-23-10-8-22(9-11-23)14-16-4-3-7-20-13-16;/h1-7,12-13,21H,8-11,14-15H2;1H. The molecule has 0 saturated carbocycles. The van der Waals surface area contributed by atoms with Crippen LogP contribution in [0.3, 0.4) is 0 Å². The lowest BCUT2D eigenvalue weighted by molar-refractivity contribution is 0.121. The normalized spacial score (nSPS) is 16.9. The zero-order valence-electron chi connectivity index (χ0n) is 13.3. The minimum Gasteiger partial charge on any atom is -0.357 e. The average molecular weight is 308 g/mol. The van der Waals surface area contributed by atoms with Crippen molar-refractivity contribution in [3.8, 4) is 0 Å². The van der Waals surface area contributed by atoms with Crippen molar-refractivity contribution in [3.05, 3.63) is 66.1 Å². The fourth-order valence-electron chi connectivity index (χ4n) is 3.31. The Labute approximate surface area is 138 Å². The molecule has 4 rings (SSSR count). The topological polar surface area (TPSA) is 35.2 Å². The molecule has 120 valence electrons. The van der Waals surface area contributed by atoms with E-state index < -0.39 is 0 Å². The van der Waals surface area contributed by atoms with Gasteiger partial charge < -0.3 is 4.98 Å². The summed E-state index contributed by atoms with van der Waals surface area (Å²) in [4.78, 5) is 12.8. The van der Waals surface area contributed by atoms with E-state index >= 15 is 0 Å². The molecule has 1 N–H and O–H groups in total. The van der Waals surface area contributed by atoms with Crippen molar-refractivity contribution in [2.75, 3.05) is 26.2 Å². The van der Waals surface area contributed by atoms with E-state index in [1.54, 1.807) is 0 Å². The first-order valence-corrected chi connectivity index (χ1v) is 8.27. The van der Waals surface area contributed by atoms with Crippen molar-refractivity contribution in [3.63, 3.8) is 0 Å². The number of piperazine rings is 1. The van der Waals surface area contributed by atoms with Crippen molar-refractivity contribution >= 4 is 10.9 Å². The first kappa shape index (κ1) is 14.4. The molecular weight excluding hydrogens is 284 g/mol. The minimum atomic E-state index is 0. The molecule has 0 atom stereocenters. The van der Waals surface area contributed by atoms with Crippen LogP contribution in [0.5, 0.6) is 0 Å². The Hall–Kier alpha value is -2.17. The number of rotatable bonds is 4. The second kappa shape index (κ2) is 6.52. The van der Waals surface area contributed by atoms with Gasteiger partial charge in [0.1, 0.15) is 0 Å². The van der Waals surface area contributed by atoms with Crippen LogP contribution in [0, 0.1) is 0 Å². The van der Waals surface area contributed by atoms with Gasteiger partial charge in [-0.1, -0.05) is 24.3 Å². The highest BCUT2D eigenvalue weighted by Crippen LogP contribution is 2.17. The SMILES string of the molecule is [HH].c1cncc(CN2CCN(Cc3cc4ccccc4[nH]3)CC2)c1. The molecule has 0 amide bonds. The number of aromatic amines is 1. The quantitative estimate of drug-likeness (QED) is 0.804. The Morgan fingerprint density at radius 1 is 0.957 bits per heavy atom. The van der Waals surface area contributed by atoms with Gasteiger partial charge in [0.15, 0.2) is 0 Å². The predicted octanol–water partition coefficient (Wildman–Crippen LogP) is 3.13. The zero-order chi connectivity index (χ0) is 15.5. The van der Waals surface area contributed by atoms with E-state index in [-0.39, 0.29) is 1.43 Å². The summed E-state index contributed by atoms with van der Waals surface area (Å²) in [7, 11) is 0. The zero-order valence-corrected chi connectivity index (χ0v) is 13.3. The molecule has 3 aromatic rings. The van der Waals surface area contributed by atoms with Crippen LogP contribution in [0.4, 0.5) is 0 Å². The second-order valence-corrected chi connectivity index (χ2v) is 6.30. The molecule has 1 aliphatic heterocycles. The third-order valence-corrected chi connectivity index (χ3v) is 4.57. The Morgan fingerprint density at radius 3 is 2.48 bits per heavy atom. The van der Waals surface area contributed by atoms with E-state index in [2.05, 4.69) is 56.2 Å². The van der Waals surface area contributed by atoms with Crippen molar-refractivity contribution < 1.29 is 1.43 Å². The molecule has 0 aliphatic carbocycles. The van der Waals surface area contributed by atoms with Crippen LogP contribution < -0.4 is 0 Å². The molecule has 0 bridgehead atoms. The van der Waals surface area contributed by atoms with E-state index in [4.69, 9.17) is 0 Å². The van der Waals surface area contributed by atoms with E-state index in [0.717, 1.165) is 39.3 Å². The molecule has 1 fully saturated rings. The Morgan fingerprint density at radius 2 is 1.74 bits per heavy atom. The summed E-state index contributed by atoms with van der Waals surface area (Å²) < 4.78 is 0. The highest BCUT2D eigenvalue weighted by atomic mass is 15.3. The van der Waals surface area contributed by atoms with E-state index in [0.29, 0.717) is 0 Å². The number of nitrogens with one attached hydrogen (secondary N) is 1. The number of hydrogen-bond donors (Lipinski definition) is 1. The Kier molecular flexibility index (Phi) is 4.09. The predicted molar refractivity (Wildman–Crippen MR) is 95.2 cm³/mol. The first-order valence-electron chi connectivity index (χ1n) is 8.27. The summed E-state index contributed by atoms with van der Waals surface area (Å²) in [5, 5.41) is 1.30. The monoisotopic (exact) mass is 308 g/mol. The molecule has 4 heteroatoms. The smallest absolute Gasteiger partial charge is 0.0456 e. The Bertz CT molecular complexity index is 730. The third-order valence-electron chi connectivity index (χ3n) is 4.57. The van der Waals surface area contributed by atoms with Crippen LogP contribution in [-0.4, -0.2) is 45.9 Å². The third kappa shape index (κ3) is 3.44. The number of pyridine rings is 1. The van der Waals surface area contributed by atoms with Crippen LogP contribution in [0.1, 0.15) is 12.7 Å². The lowest BCUT2D eigenvalue weighted by atomic mass is 10.2. The number of para-hydroxylation sites is 1. The van der Waals surface area contributed by atoms with Gasteiger partial charge in [-0.15, -0.1) is 0 Å². The van der Waals surface area contributed by atoms with Crippen LogP contribution >= 0.6 is 0 Å². The molecule has 3 heterocycles. The molecule has 0 unspecified atom stereocenters. The van der Waals surface area contributed by atoms with Gasteiger partial charge in [-0.05, 0) is 29.1 Å². The minimum absolute atomic E-state index is 0. The molecule has 4 nitrogen and oxygen atoms in total. The maximum atomic E-state index is 4.20. The Balaban J connectivity index is 0.00000169. The van der Waals surface area contributed by atoms with Gasteiger partial charge in [0, 0.05) is 64.3 Å². The second-order valence-electron chi connectivity index (χ2n) is 6.30. The number of hydrogen-bond acceptors (Lipinski definition) is 3. The highest BCUT2D eigenvalue weighted by molar-refractivity contribution is 5.80. The van der Waals surface area contributed by atoms with E-state index in [1.807, 2.05) is 18.5 Å². The molecular formula is C19H24N4.